The van der Waals surface area contributed by atoms with E-state index >= 15 is 0 Å². The van der Waals surface area contributed by atoms with Crippen molar-refractivity contribution in [1.29, 1.82) is 0 Å². The Balaban J connectivity index is 2.63. The summed E-state index contributed by atoms with van der Waals surface area (Å²) in [5.41, 5.74) is 3.16. The topological polar surface area (TPSA) is 22.0 Å². The van der Waals surface area contributed by atoms with E-state index in [4.69, 9.17) is 0 Å². The second kappa shape index (κ2) is 3.73. The van der Waals surface area contributed by atoms with Crippen LogP contribution in [0.4, 0.5) is 0 Å². The molecule has 1 heterocycles. The van der Waals surface area contributed by atoms with Crippen LogP contribution in [0.25, 0.3) is 5.69 Å². The second-order valence-corrected chi connectivity index (χ2v) is 3.75. The van der Waals surface area contributed by atoms with Gasteiger partial charge in [-0.05, 0) is 37.1 Å². The molecule has 2 heteroatoms. The highest BCUT2D eigenvalue weighted by Gasteiger charge is 1.99. The summed E-state index contributed by atoms with van der Waals surface area (Å²) in [7, 11) is 0. The Morgan fingerprint density at radius 2 is 1.80 bits per heavy atom. The van der Waals surface area contributed by atoms with Crippen LogP contribution in [0.1, 0.15) is 11.1 Å². The Morgan fingerprint density at radius 3 is 2.53 bits per heavy atom. The smallest absolute Gasteiger partial charge is 0.255 e. The molecule has 0 bridgehead atoms. The van der Waals surface area contributed by atoms with Crippen LogP contribution in [-0.2, 0) is 0 Å². The van der Waals surface area contributed by atoms with Crippen molar-refractivity contribution in [3.63, 3.8) is 0 Å². The zero-order chi connectivity index (χ0) is 10.8. The molecular formula is C13H13NO. The quantitative estimate of drug-likeness (QED) is 0.691. The fraction of sp³-hybridized carbons (Fsp3) is 0.154. The predicted molar refractivity (Wildman–Crippen MR) is 61.5 cm³/mol. The number of aromatic nitrogens is 1. The molecule has 76 valence electrons. The Morgan fingerprint density at radius 1 is 1.00 bits per heavy atom. The van der Waals surface area contributed by atoms with Crippen LogP contribution in [0, 0.1) is 13.8 Å². The summed E-state index contributed by atoms with van der Waals surface area (Å²) in [6.07, 6.45) is 1.86. The summed E-state index contributed by atoms with van der Waals surface area (Å²) in [5, 5.41) is 0. The lowest BCUT2D eigenvalue weighted by molar-refractivity contribution is 0.974. The van der Waals surface area contributed by atoms with Crippen LogP contribution in [0.2, 0.25) is 0 Å². The van der Waals surface area contributed by atoms with Crippen LogP contribution in [0.3, 0.4) is 0 Å². The van der Waals surface area contributed by atoms with E-state index in [-0.39, 0.29) is 5.56 Å². The lowest BCUT2D eigenvalue weighted by Crippen LogP contribution is -2.16. The summed E-state index contributed by atoms with van der Waals surface area (Å²) in [5.74, 6) is 0. The first kappa shape index (κ1) is 9.71. The van der Waals surface area contributed by atoms with E-state index in [0.717, 1.165) is 16.8 Å². The van der Waals surface area contributed by atoms with Gasteiger partial charge in [0.05, 0.1) is 0 Å². The van der Waals surface area contributed by atoms with Gasteiger partial charge >= 0.3 is 0 Å². The van der Waals surface area contributed by atoms with Crippen molar-refractivity contribution in [1.82, 2.24) is 4.57 Å². The van der Waals surface area contributed by atoms with Gasteiger partial charge < -0.3 is 0 Å². The molecule has 0 fully saturated rings. The van der Waals surface area contributed by atoms with Crippen molar-refractivity contribution in [2.75, 3.05) is 0 Å². The normalized spacial score (nSPS) is 10.3. The van der Waals surface area contributed by atoms with Gasteiger partial charge in [-0.1, -0.05) is 18.2 Å². The van der Waals surface area contributed by atoms with Gasteiger partial charge in [-0.3, -0.25) is 9.36 Å². The fourth-order valence-electron chi connectivity index (χ4n) is 1.57. The molecule has 15 heavy (non-hydrogen) atoms. The van der Waals surface area contributed by atoms with Crippen molar-refractivity contribution >= 4 is 0 Å². The third kappa shape index (κ3) is 1.99. The number of benzene rings is 1. The van der Waals surface area contributed by atoms with Crippen LogP contribution >= 0.6 is 0 Å². The Bertz CT molecular complexity index is 540. The first-order valence-corrected chi connectivity index (χ1v) is 4.93. The Hall–Kier alpha value is -1.83. The molecule has 0 N–H and O–H groups in total. The molecule has 2 rings (SSSR count). The summed E-state index contributed by atoms with van der Waals surface area (Å²) >= 11 is 0. The van der Waals surface area contributed by atoms with Gasteiger partial charge in [-0.15, -0.1) is 0 Å². The molecule has 0 atom stereocenters. The lowest BCUT2D eigenvalue weighted by atomic mass is 10.2. The summed E-state index contributed by atoms with van der Waals surface area (Å²) in [6.45, 7) is 4.00. The van der Waals surface area contributed by atoms with Crippen molar-refractivity contribution in [2.45, 2.75) is 13.8 Å². The minimum atomic E-state index is 0.00574. The number of nitrogens with zero attached hydrogens (tertiary/aromatic N) is 1. The lowest BCUT2D eigenvalue weighted by Gasteiger charge is -2.06. The number of pyridine rings is 1. The van der Waals surface area contributed by atoms with Crippen molar-refractivity contribution in [3.8, 4) is 5.69 Å². The van der Waals surface area contributed by atoms with Crippen LogP contribution in [-0.4, -0.2) is 4.57 Å². The number of hydrogen-bond donors (Lipinski definition) is 0. The monoisotopic (exact) mass is 199 g/mol. The van der Waals surface area contributed by atoms with E-state index in [1.165, 1.54) is 0 Å². The standard InChI is InChI=1S/C13H13NO/c1-10-4-3-5-12(8-10)14-9-11(2)6-7-13(14)15/h3-9H,1-2H3. The molecule has 0 unspecified atom stereocenters. The maximum atomic E-state index is 11.6. The predicted octanol–water partition coefficient (Wildman–Crippen LogP) is 2.45. The third-order valence-corrected chi connectivity index (χ3v) is 2.34. The molecule has 0 saturated carbocycles. The van der Waals surface area contributed by atoms with E-state index in [9.17, 15) is 4.79 Å². The SMILES string of the molecule is Cc1cccc(-n2cc(C)ccc2=O)c1. The van der Waals surface area contributed by atoms with Crippen molar-refractivity contribution in [3.05, 3.63) is 64.1 Å². The minimum Gasteiger partial charge on any atom is -0.284 e. The first-order valence-electron chi connectivity index (χ1n) is 4.93. The maximum Gasteiger partial charge on any atom is 0.255 e. The highest BCUT2D eigenvalue weighted by Crippen LogP contribution is 2.08. The summed E-state index contributed by atoms with van der Waals surface area (Å²) in [6, 6.07) is 11.3. The molecule has 0 spiro atoms. The van der Waals surface area contributed by atoms with Crippen molar-refractivity contribution in [2.24, 2.45) is 0 Å². The molecule has 0 amide bonds. The molecule has 0 aliphatic rings. The van der Waals surface area contributed by atoms with Crippen molar-refractivity contribution < 1.29 is 0 Å². The third-order valence-electron chi connectivity index (χ3n) is 2.34. The molecule has 0 saturated heterocycles. The van der Waals surface area contributed by atoms with E-state index in [1.54, 1.807) is 10.6 Å². The van der Waals surface area contributed by atoms with Gasteiger partial charge in [0.2, 0.25) is 0 Å². The van der Waals surface area contributed by atoms with Gasteiger partial charge in [-0.2, -0.15) is 0 Å². The van der Waals surface area contributed by atoms with Gasteiger partial charge in [0.15, 0.2) is 0 Å². The summed E-state index contributed by atoms with van der Waals surface area (Å²) < 4.78 is 1.67. The molecule has 0 aliphatic heterocycles. The van der Waals surface area contributed by atoms with E-state index in [2.05, 4.69) is 0 Å². The second-order valence-electron chi connectivity index (χ2n) is 3.75. The van der Waals surface area contributed by atoms with Crippen LogP contribution in [0.5, 0.6) is 0 Å². The molecule has 2 nitrogen and oxygen atoms in total. The number of rotatable bonds is 1. The van der Waals surface area contributed by atoms with Gasteiger partial charge in [-0.25, -0.2) is 0 Å². The van der Waals surface area contributed by atoms with Gasteiger partial charge in [0.1, 0.15) is 0 Å². The van der Waals surface area contributed by atoms with E-state index in [1.807, 2.05) is 50.4 Å². The molecule has 0 radical (unpaired) electrons. The molecule has 0 aliphatic carbocycles. The number of aryl methyl sites for hydroxylation is 2. The largest absolute Gasteiger partial charge is 0.284 e. The zero-order valence-corrected chi connectivity index (χ0v) is 8.90. The Labute approximate surface area is 88.8 Å². The van der Waals surface area contributed by atoms with Crippen LogP contribution < -0.4 is 5.56 Å². The maximum absolute atomic E-state index is 11.6. The fourth-order valence-corrected chi connectivity index (χ4v) is 1.57. The van der Waals surface area contributed by atoms with Gasteiger partial charge in [0.25, 0.3) is 5.56 Å². The highest BCUT2D eigenvalue weighted by atomic mass is 16.1. The molecular weight excluding hydrogens is 186 g/mol. The van der Waals surface area contributed by atoms with E-state index in [0.29, 0.717) is 0 Å². The van der Waals surface area contributed by atoms with E-state index < -0.39 is 0 Å². The molecule has 1 aromatic carbocycles. The molecule has 1 aromatic heterocycles. The average Bonchev–Trinajstić information content (AvgIpc) is 2.22. The minimum absolute atomic E-state index is 0.00574. The van der Waals surface area contributed by atoms with Gasteiger partial charge in [0, 0.05) is 18.0 Å². The first-order chi connectivity index (χ1) is 7.16. The average molecular weight is 199 g/mol. The Kier molecular flexibility index (Phi) is 2.42. The van der Waals surface area contributed by atoms with Crippen LogP contribution in [0.15, 0.2) is 47.4 Å². The zero-order valence-electron chi connectivity index (χ0n) is 8.90. The highest BCUT2D eigenvalue weighted by molar-refractivity contribution is 5.36. The summed E-state index contributed by atoms with van der Waals surface area (Å²) in [4.78, 5) is 11.6. The molecule has 2 aromatic rings. The number of hydrogen-bond acceptors (Lipinski definition) is 1.